The molecule has 1 aliphatic rings. The number of aliphatic hydroxyl groups is 1. The van der Waals surface area contributed by atoms with Crippen LogP contribution in [0.1, 0.15) is 0 Å². The minimum absolute atomic E-state index is 0.549. The van der Waals surface area contributed by atoms with Crippen LogP contribution in [0, 0.1) is 0 Å². The Balaban J connectivity index is 2.79. The number of hydrogen-bond donors (Lipinski definition) is 2. The van der Waals surface area contributed by atoms with Gasteiger partial charge < -0.3 is 5.11 Å². The molecule has 0 bridgehead atoms. The molecule has 0 aliphatic carbocycles. The summed E-state index contributed by atoms with van der Waals surface area (Å²) in [5.41, 5.74) is 2.52. The Hall–Kier alpha value is -0.590. The Morgan fingerprint density at radius 1 is 1.82 bits per heavy atom. The fourth-order valence-corrected chi connectivity index (χ4v) is 1.21. The van der Waals surface area contributed by atoms with E-state index in [1.807, 2.05) is 6.26 Å². The number of amidine groups is 1. The molecule has 0 radical (unpaired) electrons. The maximum absolute atomic E-state index is 10.8. The fourth-order valence-electron chi connectivity index (χ4n) is 0.707. The second-order valence-electron chi connectivity index (χ2n) is 2.03. The summed E-state index contributed by atoms with van der Waals surface area (Å²) in [6.45, 7) is 0. The van der Waals surface area contributed by atoms with Crippen molar-refractivity contribution in [3.05, 3.63) is 0 Å². The lowest BCUT2D eigenvalue weighted by Crippen LogP contribution is -2.52. The molecule has 1 heterocycles. The molecule has 5 nitrogen and oxygen atoms in total. The van der Waals surface area contributed by atoms with Crippen molar-refractivity contribution in [1.82, 2.24) is 10.4 Å². The van der Waals surface area contributed by atoms with Gasteiger partial charge in [-0.2, -0.15) is 10.4 Å². The van der Waals surface area contributed by atoms with E-state index in [0.717, 1.165) is 0 Å². The molecular weight excluding hydrogens is 166 g/mol. The number of nitrogens with zero attached hydrogens (tertiary/aromatic N) is 2. The van der Waals surface area contributed by atoms with E-state index < -0.39 is 12.1 Å². The highest BCUT2D eigenvalue weighted by Crippen LogP contribution is 2.06. The molecule has 1 atom stereocenters. The topological polar surface area (TPSA) is 64.9 Å². The third-order valence-corrected chi connectivity index (χ3v) is 1.96. The third-order valence-electron chi connectivity index (χ3n) is 1.23. The van der Waals surface area contributed by atoms with E-state index in [-0.39, 0.29) is 0 Å². The lowest BCUT2D eigenvalue weighted by atomic mass is 10.5. The first-order valence-electron chi connectivity index (χ1n) is 2.99. The van der Waals surface area contributed by atoms with Crippen molar-refractivity contribution in [3.8, 4) is 0 Å². The lowest BCUT2D eigenvalue weighted by Gasteiger charge is -2.26. The van der Waals surface area contributed by atoms with Crippen LogP contribution in [0.25, 0.3) is 0 Å². The van der Waals surface area contributed by atoms with Crippen molar-refractivity contribution in [3.63, 3.8) is 0 Å². The molecule has 0 aromatic carbocycles. The van der Waals surface area contributed by atoms with Crippen LogP contribution in [-0.4, -0.2) is 40.7 Å². The zero-order valence-electron chi connectivity index (χ0n) is 6.24. The molecule has 11 heavy (non-hydrogen) atoms. The minimum atomic E-state index is -1.20. The van der Waals surface area contributed by atoms with Gasteiger partial charge in [0.1, 0.15) is 0 Å². The van der Waals surface area contributed by atoms with Crippen LogP contribution in [0.5, 0.6) is 0 Å². The highest BCUT2D eigenvalue weighted by atomic mass is 32.2. The Morgan fingerprint density at radius 3 is 3.00 bits per heavy atom. The van der Waals surface area contributed by atoms with Gasteiger partial charge in [-0.25, -0.2) is 0 Å². The normalized spacial score (nSPS) is 25.4. The van der Waals surface area contributed by atoms with Crippen molar-refractivity contribution in [2.24, 2.45) is 4.99 Å². The fraction of sp³-hybridized carbons (Fsp3) is 0.600. The number of amides is 1. The van der Waals surface area contributed by atoms with Crippen molar-refractivity contribution in [1.29, 1.82) is 0 Å². The number of thioether (sulfide) groups is 1. The Morgan fingerprint density at radius 2 is 2.45 bits per heavy atom. The van der Waals surface area contributed by atoms with Gasteiger partial charge in [0.25, 0.3) is 5.91 Å². The van der Waals surface area contributed by atoms with Crippen molar-refractivity contribution < 1.29 is 9.90 Å². The smallest absolute Gasteiger partial charge is 0.293 e. The van der Waals surface area contributed by atoms with Crippen LogP contribution >= 0.6 is 11.8 Å². The second-order valence-corrected chi connectivity index (χ2v) is 2.80. The summed E-state index contributed by atoms with van der Waals surface area (Å²) in [6.07, 6.45) is 0.609. The molecule has 62 valence electrons. The summed E-state index contributed by atoms with van der Waals surface area (Å²) in [4.78, 5) is 14.4. The average molecular weight is 175 g/mol. The van der Waals surface area contributed by atoms with Crippen molar-refractivity contribution >= 4 is 22.8 Å². The van der Waals surface area contributed by atoms with Crippen molar-refractivity contribution in [2.45, 2.75) is 6.23 Å². The molecule has 0 aromatic rings. The van der Waals surface area contributed by atoms with E-state index in [9.17, 15) is 4.79 Å². The van der Waals surface area contributed by atoms with Crippen LogP contribution in [0.2, 0.25) is 0 Å². The molecule has 6 heteroatoms. The summed E-state index contributed by atoms with van der Waals surface area (Å²) in [5, 5.41) is 11.0. The number of hydrazine groups is 1. The van der Waals surface area contributed by atoms with E-state index in [4.69, 9.17) is 5.11 Å². The van der Waals surface area contributed by atoms with Crippen LogP contribution in [0.4, 0.5) is 0 Å². The third kappa shape index (κ3) is 1.70. The maximum atomic E-state index is 10.8. The van der Waals surface area contributed by atoms with E-state index in [2.05, 4.69) is 10.4 Å². The molecule has 0 fully saturated rings. The lowest BCUT2D eigenvalue weighted by molar-refractivity contribution is -0.130. The highest BCUT2D eigenvalue weighted by molar-refractivity contribution is 8.13. The predicted molar refractivity (Wildman–Crippen MR) is 42.9 cm³/mol. The highest BCUT2D eigenvalue weighted by Gasteiger charge is 2.23. The van der Waals surface area contributed by atoms with Gasteiger partial charge in [0, 0.05) is 7.05 Å². The number of aliphatic hydroxyl groups excluding tert-OH is 1. The standard InChI is InChI=1S/C5H9N3O2S/c1-8-5(11-2)6-3(9)4(10)7-8/h4,7,10H,1-2H3. The molecule has 0 saturated carbocycles. The molecule has 0 saturated heterocycles. The second kappa shape index (κ2) is 3.21. The number of carbonyl (C=O) groups excluding carboxylic acids is 1. The molecule has 1 aliphatic heterocycles. The first kappa shape index (κ1) is 8.51. The Kier molecular flexibility index (Phi) is 2.48. The molecule has 0 aromatic heterocycles. The van der Waals surface area contributed by atoms with Crippen LogP contribution in [0.3, 0.4) is 0 Å². The molecular formula is C5H9N3O2S. The van der Waals surface area contributed by atoms with Crippen LogP contribution in [0.15, 0.2) is 4.99 Å². The zero-order valence-corrected chi connectivity index (χ0v) is 7.05. The molecule has 2 N–H and O–H groups in total. The van der Waals surface area contributed by atoms with Gasteiger partial charge in [0.15, 0.2) is 5.17 Å². The van der Waals surface area contributed by atoms with E-state index in [1.165, 1.54) is 16.8 Å². The average Bonchev–Trinajstić information content (AvgIpc) is 1.97. The summed E-state index contributed by atoms with van der Waals surface area (Å²) in [7, 11) is 1.69. The number of nitrogens with one attached hydrogen (secondary N) is 1. The molecule has 0 spiro atoms. The Bertz CT molecular complexity index is 206. The molecule has 1 amide bonds. The minimum Gasteiger partial charge on any atom is -0.369 e. The summed E-state index contributed by atoms with van der Waals surface area (Å²) in [5.74, 6) is -0.549. The van der Waals surface area contributed by atoms with E-state index >= 15 is 0 Å². The van der Waals surface area contributed by atoms with Gasteiger partial charge in [0.2, 0.25) is 6.23 Å². The van der Waals surface area contributed by atoms with Gasteiger partial charge in [-0.3, -0.25) is 9.80 Å². The van der Waals surface area contributed by atoms with Gasteiger partial charge in [0.05, 0.1) is 0 Å². The predicted octanol–water partition coefficient (Wildman–Crippen LogP) is -1.000. The maximum Gasteiger partial charge on any atom is 0.293 e. The number of rotatable bonds is 0. The summed E-state index contributed by atoms with van der Waals surface area (Å²) in [6, 6.07) is 0. The summed E-state index contributed by atoms with van der Waals surface area (Å²) >= 11 is 1.34. The van der Waals surface area contributed by atoms with E-state index in [1.54, 1.807) is 7.05 Å². The molecule has 1 unspecified atom stereocenters. The van der Waals surface area contributed by atoms with Gasteiger partial charge in [-0.15, -0.1) is 0 Å². The van der Waals surface area contributed by atoms with E-state index in [0.29, 0.717) is 5.17 Å². The van der Waals surface area contributed by atoms with Crippen molar-refractivity contribution in [2.75, 3.05) is 13.3 Å². The number of carbonyl (C=O) groups is 1. The first-order valence-corrected chi connectivity index (χ1v) is 4.22. The SMILES string of the molecule is CSC1=NC(=O)C(O)NN1C. The zero-order chi connectivity index (χ0) is 8.43. The molecule has 1 rings (SSSR count). The van der Waals surface area contributed by atoms with Crippen LogP contribution in [-0.2, 0) is 4.79 Å². The Labute approximate surface area is 68.4 Å². The van der Waals surface area contributed by atoms with Crippen LogP contribution < -0.4 is 5.43 Å². The quantitative estimate of drug-likeness (QED) is 0.494. The van der Waals surface area contributed by atoms with Gasteiger partial charge in [-0.05, 0) is 6.26 Å². The monoisotopic (exact) mass is 175 g/mol. The largest absolute Gasteiger partial charge is 0.369 e. The number of aliphatic imine (C=N–C) groups is 1. The first-order chi connectivity index (χ1) is 5.15. The van der Waals surface area contributed by atoms with Gasteiger partial charge in [-0.1, -0.05) is 11.8 Å². The van der Waals surface area contributed by atoms with Gasteiger partial charge >= 0.3 is 0 Å². The number of hydrogen-bond acceptors (Lipinski definition) is 5. The summed E-state index contributed by atoms with van der Waals surface area (Å²) < 4.78 is 0.